The molecule has 21 heavy (non-hydrogen) atoms. The molecule has 0 unspecified atom stereocenters. The third-order valence-corrected chi connectivity index (χ3v) is 3.17. The zero-order valence-electron chi connectivity index (χ0n) is 11.1. The fourth-order valence-electron chi connectivity index (χ4n) is 2.18. The van der Waals surface area contributed by atoms with Gasteiger partial charge >= 0.3 is 5.69 Å². The van der Waals surface area contributed by atoms with Gasteiger partial charge in [0.15, 0.2) is 17.7 Å². The number of hydrogen-bond acceptors (Lipinski definition) is 8. The van der Waals surface area contributed by atoms with E-state index in [1.54, 1.807) is 6.92 Å². The monoisotopic (exact) mass is 305 g/mol. The molecule has 1 aliphatic rings. The van der Waals surface area contributed by atoms with Crippen LogP contribution in [0.15, 0.2) is 11.0 Å². The summed E-state index contributed by atoms with van der Waals surface area (Å²) in [4.78, 5) is 15.1. The molecule has 4 atom stereocenters. The van der Waals surface area contributed by atoms with E-state index >= 15 is 0 Å². The topological polar surface area (TPSA) is 140 Å². The Balaban J connectivity index is 2.59. The van der Waals surface area contributed by atoms with Crippen LogP contribution in [-0.4, -0.2) is 56.4 Å². The lowest BCUT2D eigenvalue weighted by atomic mass is 10.1. The summed E-state index contributed by atoms with van der Waals surface area (Å²) in [5, 5.41) is 29.1. The van der Waals surface area contributed by atoms with Crippen LogP contribution in [0.3, 0.4) is 0 Å². The fraction of sp³-hybridized carbons (Fsp3) is 0.636. The van der Waals surface area contributed by atoms with Crippen LogP contribution in [0.5, 0.6) is 0 Å². The van der Waals surface area contributed by atoms with Gasteiger partial charge in [0, 0.05) is 6.61 Å². The minimum atomic E-state index is -2.19. The smallest absolute Gasteiger partial charge is 0.354 e. The molecule has 0 radical (unpaired) electrons. The van der Waals surface area contributed by atoms with E-state index in [-0.39, 0.29) is 6.61 Å². The molecule has 9 nitrogen and oxygen atoms in total. The maximum atomic E-state index is 13.6. The lowest BCUT2D eigenvalue weighted by Crippen LogP contribution is -2.52. The van der Waals surface area contributed by atoms with Gasteiger partial charge in [-0.25, -0.2) is 13.8 Å². The lowest BCUT2D eigenvalue weighted by Gasteiger charge is -2.32. The van der Waals surface area contributed by atoms with Gasteiger partial charge in [0.25, 0.3) is 5.91 Å². The van der Waals surface area contributed by atoms with E-state index in [0.717, 1.165) is 0 Å². The Labute approximate surface area is 118 Å². The first-order valence-corrected chi connectivity index (χ1v) is 6.21. The largest absolute Gasteiger partial charge is 0.394 e. The number of nitrogens with two attached hydrogens (primary N) is 1. The van der Waals surface area contributed by atoms with Crippen LogP contribution in [-0.2, 0) is 15.4 Å². The van der Waals surface area contributed by atoms with Crippen molar-refractivity contribution < 1.29 is 29.2 Å². The molecule has 1 saturated heterocycles. The van der Waals surface area contributed by atoms with Crippen molar-refractivity contribution >= 4 is 5.82 Å². The molecule has 0 bridgehead atoms. The zero-order valence-corrected chi connectivity index (χ0v) is 11.1. The van der Waals surface area contributed by atoms with Crippen molar-refractivity contribution in [3.05, 3.63) is 22.5 Å². The second-order valence-electron chi connectivity index (χ2n) is 4.46. The van der Waals surface area contributed by atoms with E-state index in [4.69, 9.17) is 20.3 Å². The van der Waals surface area contributed by atoms with Gasteiger partial charge in [-0.05, 0) is 6.92 Å². The SMILES string of the molecule is CCO[C@@]1(n2cc(F)c(N)nc2=O)O[C@H](CO)[C@@H](O)[C@H]1O. The Morgan fingerprint density at radius 1 is 1.62 bits per heavy atom. The second kappa shape index (κ2) is 5.66. The van der Waals surface area contributed by atoms with Crippen molar-refractivity contribution in [3.8, 4) is 0 Å². The Morgan fingerprint density at radius 3 is 2.81 bits per heavy atom. The van der Waals surface area contributed by atoms with Gasteiger partial charge in [-0.3, -0.25) is 0 Å². The van der Waals surface area contributed by atoms with Crippen molar-refractivity contribution in [1.29, 1.82) is 0 Å². The van der Waals surface area contributed by atoms with Gasteiger partial charge in [-0.2, -0.15) is 4.98 Å². The highest BCUT2D eigenvalue weighted by Gasteiger charge is 2.57. The minimum Gasteiger partial charge on any atom is -0.394 e. The third kappa shape index (κ3) is 2.40. The molecule has 1 aromatic heterocycles. The standard InChI is InChI=1S/C11H16FN3O6/c1-2-20-11(8(18)7(17)6(4-16)21-11)15-3-5(12)9(13)14-10(15)19/h3,6-8,16-18H,2,4H2,1H3,(H2,13,14,19)/t6-,7-,8-,11-/m1/s1. The summed E-state index contributed by atoms with van der Waals surface area (Å²) in [5.74, 6) is -3.83. The number of nitrogens with zero attached hydrogens (tertiary/aromatic N) is 2. The number of nitrogen functional groups attached to an aromatic ring is 1. The van der Waals surface area contributed by atoms with Crippen LogP contribution in [0, 0.1) is 5.82 Å². The first-order chi connectivity index (χ1) is 9.87. The van der Waals surface area contributed by atoms with Crippen LogP contribution < -0.4 is 11.4 Å². The van der Waals surface area contributed by atoms with Gasteiger partial charge in [-0.15, -0.1) is 0 Å². The Bertz CT molecular complexity index is 582. The average Bonchev–Trinajstić information content (AvgIpc) is 2.69. The molecule has 1 aliphatic heterocycles. The number of aliphatic hydroxyl groups is 3. The van der Waals surface area contributed by atoms with Crippen molar-refractivity contribution in [1.82, 2.24) is 9.55 Å². The Kier molecular flexibility index (Phi) is 4.25. The normalized spacial score (nSPS) is 32.5. The molecular weight excluding hydrogens is 289 g/mol. The number of hydrogen-bond donors (Lipinski definition) is 4. The first kappa shape index (κ1) is 15.8. The summed E-state index contributed by atoms with van der Waals surface area (Å²) in [7, 11) is 0. The maximum Gasteiger partial charge on any atom is 0.354 e. The van der Waals surface area contributed by atoms with Gasteiger partial charge in [0.05, 0.1) is 12.8 Å². The van der Waals surface area contributed by atoms with E-state index in [1.165, 1.54) is 0 Å². The molecule has 10 heteroatoms. The fourth-order valence-corrected chi connectivity index (χ4v) is 2.18. The van der Waals surface area contributed by atoms with Crippen molar-refractivity contribution in [2.45, 2.75) is 31.1 Å². The van der Waals surface area contributed by atoms with Crippen LogP contribution in [0.1, 0.15) is 6.92 Å². The molecule has 2 heterocycles. The lowest BCUT2D eigenvalue weighted by molar-refractivity contribution is -0.316. The summed E-state index contributed by atoms with van der Waals surface area (Å²) in [6.07, 6.45) is -3.82. The quantitative estimate of drug-likeness (QED) is 0.488. The molecule has 1 fully saturated rings. The van der Waals surface area contributed by atoms with Crippen LogP contribution in [0.25, 0.3) is 0 Å². The van der Waals surface area contributed by atoms with Gasteiger partial charge < -0.3 is 30.5 Å². The highest BCUT2D eigenvalue weighted by molar-refractivity contribution is 5.26. The molecule has 0 spiro atoms. The number of aromatic nitrogens is 2. The summed E-state index contributed by atoms with van der Waals surface area (Å²) in [6.45, 7) is 0.885. The van der Waals surface area contributed by atoms with E-state index < -0.39 is 48.2 Å². The number of ether oxygens (including phenoxy) is 2. The summed E-state index contributed by atoms with van der Waals surface area (Å²) in [5.41, 5.74) is 4.15. The minimum absolute atomic E-state index is 0.0274. The zero-order chi connectivity index (χ0) is 15.8. The molecule has 0 aromatic carbocycles. The predicted molar refractivity (Wildman–Crippen MR) is 66.4 cm³/mol. The summed E-state index contributed by atoms with van der Waals surface area (Å²) >= 11 is 0. The second-order valence-corrected chi connectivity index (χ2v) is 4.46. The van der Waals surface area contributed by atoms with Crippen LogP contribution in [0.4, 0.5) is 10.2 Å². The molecule has 2 rings (SSSR count). The van der Waals surface area contributed by atoms with E-state index in [1.807, 2.05) is 0 Å². The predicted octanol–water partition coefficient (Wildman–Crippen LogP) is -2.28. The molecule has 1 aromatic rings. The number of rotatable bonds is 4. The van der Waals surface area contributed by atoms with Crippen LogP contribution in [0.2, 0.25) is 0 Å². The maximum absolute atomic E-state index is 13.6. The highest BCUT2D eigenvalue weighted by Crippen LogP contribution is 2.36. The number of anilines is 1. The summed E-state index contributed by atoms with van der Waals surface area (Å²) in [6, 6.07) is 0. The number of aliphatic hydroxyl groups excluding tert-OH is 3. The highest BCUT2D eigenvalue weighted by atomic mass is 19.1. The summed E-state index contributed by atoms with van der Waals surface area (Å²) < 4.78 is 24.6. The molecule has 0 amide bonds. The number of halogens is 1. The van der Waals surface area contributed by atoms with Gasteiger partial charge in [0.1, 0.15) is 12.2 Å². The van der Waals surface area contributed by atoms with Gasteiger partial charge in [0.2, 0.25) is 0 Å². The molecule has 0 aliphatic carbocycles. The molecule has 0 saturated carbocycles. The van der Waals surface area contributed by atoms with Crippen LogP contribution >= 0.6 is 0 Å². The third-order valence-electron chi connectivity index (χ3n) is 3.17. The van der Waals surface area contributed by atoms with E-state index in [0.29, 0.717) is 10.8 Å². The molecule has 5 N–H and O–H groups in total. The van der Waals surface area contributed by atoms with Gasteiger partial charge in [-0.1, -0.05) is 0 Å². The van der Waals surface area contributed by atoms with Crippen molar-refractivity contribution in [3.63, 3.8) is 0 Å². The Morgan fingerprint density at radius 2 is 2.29 bits per heavy atom. The molecular formula is C11H16FN3O6. The first-order valence-electron chi connectivity index (χ1n) is 6.21. The Hall–Kier alpha value is -1.59. The van der Waals surface area contributed by atoms with Crippen molar-refractivity contribution in [2.24, 2.45) is 0 Å². The van der Waals surface area contributed by atoms with E-state index in [9.17, 15) is 19.4 Å². The average molecular weight is 305 g/mol. The molecule has 118 valence electrons. The van der Waals surface area contributed by atoms with E-state index in [2.05, 4.69) is 4.98 Å². The van der Waals surface area contributed by atoms with Crippen molar-refractivity contribution in [2.75, 3.05) is 18.9 Å².